The van der Waals surface area contributed by atoms with Crippen molar-refractivity contribution in [1.29, 1.82) is 0 Å². The van der Waals surface area contributed by atoms with Gasteiger partial charge in [-0.05, 0) is 20.3 Å². The largest absolute Gasteiger partial charge is 0.476 e. The van der Waals surface area contributed by atoms with E-state index in [1.807, 2.05) is 13.8 Å². The van der Waals surface area contributed by atoms with Gasteiger partial charge in [0.15, 0.2) is 5.82 Å². The summed E-state index contributed by atoms with van der Waals surface area (Å²) in [6.07, 6.45) is 2.40. The molecule has 0 radical (unpaired) electrons. The van der Waals surface area contributed by atoms with Crippen LogP contribution in [0.15, 0.2) is 6.33 Å². The van der Waals surface area contributed by atoms with Gasteiger partial charge in [-0.1, -0.05) is 6.92 Å². The Balaban J connectivity index is 2.78. The fourth-order valence-corrected chi connectivity index (χ4v) is 1.67. The fraction of sp³-hybridized carbons (Fsp3) is 0.692. The van der Waals surface area contributed by atoms with Gasteiger partial charge in [0.25, 0.3) is 0 Å². The van der Waals surface area contributed by atoms with Crippen LogP contribution in [0.3, 0.4) is 0 Å². The second-order valence-corrected chi connectivity index (χ2v) is 4.04. The summed E-state index contributed by atoms with van der Waals surface area (Å²) in [5, 5.41) is 0. The van der Waals surface area contributed by atoms with E-state index in [4.69, 9.17) is 15.2 Å². The van der Waals surface area contributed by atoms with Gasteiger partial charge in [-0.3, -0.25) is 0 Å². The smallest absolute Gasteiger partial charge is 0.242 e. The third-order valence-electron chi connectivity index (χ3n) is 2.66. The number of nitrogens with two attached hydrogens (primary N) is 1. The van der Waals surface area contributed by atoms with Crippen molar-refractivity contribution >= 4 is 11.5 Å². The third-order valence-corrected chi connectivity index (χ3v) is 2.66. The van der Waals surface area contributed by atoms with Gasteiger partial charge in [-0.25, -0.2) is 4.98 Å². The summed E-state index contributed by atoms with van der Waals surface area (Å²) in [5.41, 5.74) is 6.57. The summed E-state index contributed by atoms with van der Waals surface area (Å²) in [6.45, 7) is 9.59. The monoisotopic (exact) mass is 268 g/mol. The normalized spacial score (nSPS) is 10.5. The van der Waals surface area contributed by atoms with Gasteiger partial charge in [0, 0.05) is 19.7 Å². The highest BCUT2D eigenvalue weighted by atomic mass is 16.5. The molecule has 0 aliphatic heterocycles. The summed E-state index contributed by atoms with van der Waals surface area (Å²) in [7, 11) is 0. The third kappa shape index (κ3) is 4.55. The zero-order chi connectivity index (χ0) is 14.1. The zero-order valence-corrected chi connectivity index (χ0v) is 12.1. The maximum Gasteiger partial charge on any atom is 0.242 e. The number of aromatic nitrogens is 2. The van der Waals surface area contributed by atoms with Gasteiger partial charge in [0.2, 0.25) is 5.88 Å². The van der Waals surface area contributed by atoms with Crippen molar-refractivity contribution < 1.29 is 9.47 Å². The van der Waals surface area contributed by atoms with Gasteiger partial charge in [0.1, 0.15) is 12.0 Å². The van der Waals surface area contributed by atoms with Crippen molar-refractivity contribution in [1.82, 2.24) is 9.97 Å². The number of anilines is 2. The Morgan fingerprint density at radius 3 is 2.63 bits per heavy atom. The first-order valence-electron chi connectivity index (χ1n) is 6.80. The lowest BCUT2D eigenvalue weighted by Gasteiger charge is -2.23. The highest BCUT2D eigenvalue weighted by molar-refractivity contribution is 5.67. The van der Waals surface area contributed by atoms with Crippen LogP contribution in [0.4, 0.5) is 11.5 Å². The Kier molecular flexibility index (Phi) is 6.95. The van der Waals surface area contributed by atoms with E-state index in [0.29, 0.717) is 37.2 Å². The maximum atomic E-state index is 6.07. The van der Waals surface area contributed by atoms with Gasteiger partial charge in [-0.15, -0.1) is 0 Å². The lowest BCUT2D eigenvalue weighted by molar-refractivity contribution is 0.154. The molecule has 0 aliphatic rings. The molecule has 0 spiro atoms. The molecular formula is C13H24N4O2. The highest BCUT2D eigenvalue weighted by Gasteiger charge is 2.14. The number of ether oxygens (including phenoxy) is 2. The molecule has 1 aromatic heterocycles. The molecule has 0 bridgehead atoms. The molecule has 0 aromatic carbocycles. The molecule has 1 aromatic rings. The molecule has 0 unspecified atom stereocenters. The van der Waals surface area contributed by atoms with Gasteiger partial charge < -0.3 is 20.1 Å². The Morgan fingerprint density at radius 2 is 2.00 bits per heavy atom. The predicted molar refractivity (Wildman–Crippen MR) is 76.6 cm³/mol. The summed E-state index contributed by atoms with van der Waals surface area (Å²) >= 11 is 0. The Hall–Kier alpha value is -1.56. The van der Waals surface area contributed by atoms with Crippen molar-refractivity contribution in [2.75, 3.05) is 43.5 Å². The molecule has 19 heavy (non-hydrogen) atoms. The van der Waals surface area contributed by atoms with E-state index < -0.39 is 0 Å². The average molecular weight is 268 g/mol. The number of nitrogens with zero attached hydrogens (tertiary/aromatic N) is 3. The summed E-state index contributed by atoms with van der Waals surface area (Å²) in [5.74, 6) is 1.17. The number of nitrogen functional groups attached to an aromatic ring is 1. The lowest BCUT2D eigenvalue weighted by atomic mass is 10.4. The Labute approximate surface area is 114 Å². The fourth-order valence-electron chi connectivity index (χ4n) is 1.67. The van der Waals surface area contributed by atoms with Crippen molar-refractivity contribution in [2.45, 2.75) is 27.2 Å². The molecule has 0 atom stereocenters. The Bertz CT molecular complexity index is 374. The van der Waals surface area contributed by atoms with E-state index in [9.17, 15) is 0 Å². The first kappa shape index (κ1) is 15.5. The van der Waals surface area contributed by atoms with Gasteiger partial charge >= 0.3 is 0 Å². The van der Waals surface area contributed by atoms with Crippen LogP contribution in [0, 0.1) is 0 Å². The van der Waals surface area contributed by atoms with Crippen LogP contribution in [-0.4, -0.2) is 42.9 Å². The van der Waals surface area contributed by atoms with Crippen molar-refractivity contribution in [3.8, 4) is 5.88 Å². The standard InChI is InChI=1S/C13H24N4O2/c1-4-8-19-13-11(14)12(15-10-16-13)17(5-2)7-9-18-6-3/h10H,4-9,14H2,1-3H3. The predicted octanol–water partition coefficient (Wildman–Crippen LogP) is 1.71. The molecule has 1 rings (SSSR count). The molecule has 0 saturated heterocycles. The topological polar surface area (TPSA) is 73.5 Å². The minimum absolute atomic E-state index is 0.460. The lowest BCUT2D eigenvalue weighted by Crippen LogP contribution is -2.29. The molecule has 2 N–H and O–H groups in total. The number of hydrogen-bond donors (Lipinski definition) is 1. The number of rotatable bonds is 9. The van der Waals surface area contributed by atoms with Crippen LogP contribution in [0.1, 0.15) is 27.2 Å². The molecule has 0 aliphatic carbocycles. The maximum absolute atomic E-state index is 6.07. The summed E-state index contributed by atoms with van der Waals surface area (Å²) in [6, 6.07) is 0. The SMILES string of the molecule is CCCOc1ncnc(N(CC)CCOCC)c1N. The van der Waals surface area contributed by atoms with E-state index in [1.165, 1.54) is 6.33 Å². The van der Waals surface area contributed by atoms with E-state index in [2.05, 4.69) is 21.8 Å². The van der Waals surface area contributed by atoms with Crippen molar-refractivity contribution in [2.24, 2.45) is 0 Å². The zero-order valence-electron chi connectivity index (χ0n) is 12.1. The molecular weight excluding hydrogens is 244 g/mol. The van der Waals surface area contributed by atoms with Crippen LogP contribution in [0.25, 0.3) is 0 Å². The van der Waals surface area contributed by atoms with E-state index in [-0.39, 0.29) is 0 Å². The number of hydrogen-bond acceptors (Lipinski definition) is 6. The summed E-state index contributed by atoms with van der Waals surface area (Å²) in [4.78, 5) is 10.4. The van der Waals surface area contributed by atoms with E-state index in [0.717, 1.165) is 19.5 Å². The van der Waals surface area contributed by atoms with Crippen molar-refractivity contribution in [3.63, 3.8) is 0 Å². The molecule has 6 heteroatoms. The minimum Gasteiger partial charge on any atom is -0.476 e. The van der Waals surface area contributed by atoms with Crippen LogP contribution < -0.4 is 15.4 Å². The first-order valence-corrected chi connectivity index (χ1v) is 6.80. The van der Waals surface area contributed by atoms with Crippen LogP contribution in [0.5, 0.6) is 5.88 Å². The molecule has 1 heterocycles. The van der Waals surface area contributed by atoms with Crippen LogP contribution >= 0.6 is 0 Å². The highest BCUT2D eigenvalue weighted by Crippen LogP contribution is 2.27. The van der Waals surface area contributed by atoms with Crippen LogP contribution in [-0.2, 0) is 4.74 Å². The summed E-state index contributed by atoms with van der Waals surface area (Å²) < 4.78 is 10.9. The van der Waals surface area contributed by atoms with Crippen molar-refractivity contribution in [3.05, 3.63) is 6.33 Å². The first-order chi connectivity index (χ1) is 9.24. The second-order valence-electron chi connectivity index (χ2n) is 4.04. The quantitative estimate of drug-likeness (QED) is 0.687. The minimum atomic E-state index is 0.460. The van der Waals surface area contributed by atoms with Gasteiger partial charge in [0.05, 0.1) is 13.2 Å². The average Bonchev–Trinajstić information content (AvgIpc) is 2.43. The second kappa shape index (κ2) is 8.53. The van der Waals surface area contributed by atoms with Gasteiger partial charge in [-0.2, -0.15) is 4.98 Å². The van der Waals surface area contributed by atoms with E-state index >= 15 is 0 Å². The molecule has 0 amide bonds. The molecule has 6 nitrogen and oxygen atoms in total. The molecule has 0 saturated carbocycles. The number of likely N-dealkylation sites (N-methyl/N-ethyl adjacent to an activating group) is 1. The van der Waals surface area contributed by atoms with Crippen LogP contribution in [0.2, 0.25) is 0 Å². The van der Waals surface area contributed by atoms with E-state index in [1.54, 1.807) is 0 Å². The molecule has 0 fully saturated rings. The Morgan fingerprint density at radius 1 is 1.21 bits per heavy atom. The molecule has 108 valence electrons.